The van der Waals surface area contributed by atoms with Crippen LogP contribution in [0.2, 0.25) is 0 Å². The van der Waals surface area contributed by atoms with Crippen LogP contribution in [-0.4, -0.2) is 10.8 Å². The number of hydrogen-bond donors (Lipinski definition) is 2. The van der Waals surface area contributed by atoms with Gasteiger partial charge in [0.1, 0.15) is 0 Å². The second kappa shape index (κ2) is 8.68. The van der Waals surface area contributed by atoms with Crippen molar-refractivity contribution in [2.24, 2.45) is 11.7 Å². The van der Waals surface area contributed by atoms with Crippen LogP contribution in [0.15, 0.2) is 90.6 Å². The SMILES string of the molecule is CC(C)(C)c1ccc2c(c1)C1C(CC(C(N)=O)=CN1Cc1ccccc1)C(c1ccccc1)N2. The summed E-state index contributed by atoms with van der Waals surface area (Å²) >= 11 is 0. The summed E-state index contributed by atoms with van der Waals surface area (Å²) in [7, 11) is 0. The molecule has 3 N–H and O–H groups in total. The van der Waals surface area contributed by atoms with E-state index in [1.807, 2.05) is 18.3 Å². The molecular formula is C30H33N3O. The fraction of sp³-hybridized carbons (Fsp3) is 0.300. The van der Waals surface area contributed by atoms with Crippen LogP contribution in [-0.2, 0) is 16.8 Å². The third kappa shape index (κ3) is 4.21. The van der Waals surface area contributed by atoms with E-state index in [4.69, 9.17) is 5.73 Å². The van der Waals surface area contributed by atoms with Crippen molar-refractivity contribution in [2.45, 2.75) is 51.2 Å². The first-order chi connectivity index (χ1) is 16.3. The van der Waals surface area contributed by atoms with Gasteiger partial charge in [-0.25, -0.2) is 0 Å². The molecule has 4 nitrogen and oxygen atoms in total. The van der Waals surface area contributed by atoms with E-state index in [9.17, 15) is 4.79 Å². The highest BCUT2D eigenvalue weighted by atomic mass is 16.1. The van der Waals surface area contributed by atoms with E-state index in [-0.39, 0.29) is 29.3 Å². The van der Waals surface area contributed by atoms with E-state index in [2.05, 4.69) is 97.7 Å². The smallest absolute Gasteiger partial charge is 0.246 e. The number of nitrogens with zero attached hydrogens (tertiary/aromatic N) is 1. The molecule has 3 atom stereocenters. The van der Waals surface area contributed by atoms with E-state index in [0.717, 1.165) is 12.2 Å². The van der Waals surface area contributed by atoms with E-state index in [1.165, 1.54) is 22.3 Å². The van der Waals surface area contributed by atoms with Gasteiger partial charge in [-0.15, -0.1) is 0 Å². The van der Waals surface area contributed by atoms with Crippen LogP contribution in [0.3, 0.4) is 0 Å². The molecule has 0 radical (unpaired) electrons. The average molecular weight is 452 g/mol. The van der Waals surface area contributed by atoms with Gasteiger partial charge in [-0.05, 0) is 40.2 Å². The van der Waals surface area contributed by atoms with Gasteiger partial charge in [0, 0.05) is 29.9 Å². The monoisotopic (exact) mass is 451 g/mol. The van der Waals surface area contributed by atoms with Gasteiger partial charge in [0.15, 0.2) is 0 Å². The number of fused-ring (bicyclic) bond motifs is 3. The van der Waals surface area contributed by atoms with Crippen molar-refractivity contribution in [1.82, 2.24) is 4.90 Å². The zero-order valence-corrected chi connectivity index (χ0v) is 20.2. The lowest BCUT2D eigenvalue weighted by Gasteiger charge is -2.49. The Morgan fingerprint density at radius 2 is 1.68 bits per heavy atom. The first-order valence-corrected chi connectivity index (χ1v) is 12.1. The summed E-state index contributed by atoms with van der Waals surface area (Å²) in [5, 5.41) is 3.83. The molecule has 2 aliphatic heterocycles. The van der Waals surface area contributed by atoms with Crippen molar-refractivity contribution in [2.75, 3.05) is 5.32 Å². The lowest BCUT2D eigenvalue weighted by atomic mass is 9.72. The van der Waals surface area contributed by atoms with Gasteiger partial charge in [0.25, 0.3) is 0 Å². The topological polar surface area (TPSA) is 58.4 Å². The minimum absolute atomic E-state index is 0.0496. The van der Waals surface area contributed by atoms with Crippen LogP contribution in [0.1, 0.15) is 61.5 Å². The van der Waals surface area contributed by atoms with Gasteiger partial charge in [-0.2, -0.15) is 0 Å². The van der Waals surface area contributed by atoms with Crippen LogP contribution in [0.5, 0.6) is 0 Å². The Hall–Kier alpha value is -3.53. The Balaban J connectivity index is 1.67. The summed E-state index contributed by atoms with van der Waals surface area (Å²) in [5.41, 5.74) is 12.8. The summed E-state index contributed by atoms with van der Waals surface area (Å²) in [6, 6.07) is 28.1. The van der Waals surface area contributed by atoms with Crippen molar-refractivity contribution in [3.8, 4) is 0 Å². The van der Waals surface area contributed by atoms with E-state index in [0.29, 0.717) is 12.0 Å². The first kappa shape index (κ1) is 22.3. The molecule has 0 spiro atoms. The molecule has 0 aromatic heterocycles. The molecule has 5 rings (SSSR count). The highest BCUT2D eigenvalue weighted by Crippen LogP contribution is 2.52. The van der Waals surface area contributed by atoms with Crippen LogP contribution >= 0.6 is 0 Å². The first-order valence-electron chi connectivity index (χ1n) is 12.1. The molecule has 0 fully saturated rings. The maximum Gasteiger partial charge on any atom is 0.246 e. The number of benzene rings is 3. The van der Waals surface area contributed by atoms with Gasteiger partial charge < -0.3 is 16.0 Å². The maximum absolute atomic E-state index is 12.4. The van der Waals surface area contributed by atoms with Crippen LogP contribution < -0.4 is 11.1 Å². The number of amides is 1. The molecule has 3 aromatic rings. The summed E-state index contributed by atoms with van der Waals surface area (Å²) in [5.74, 6) is -0.168. The summed E-state index contributed by atoms with van der Waals surface area (Å²) < 4.78 is 0. The molecule has 0 aliphatic carbocycles. The van der Waals surface area contributed by atoms with Crippen molar-refractivity contribution in [3.63, 3.8) is 0 Å². The average Bonchev–Trinajstić information content (AvgIpc) is 2.83. The number of nitrogens with one attached hydrogen (secondary N) is 1. The Morgan fingerprint density at radius 3 is 2.32 bits per heavy atom. The van der Waals surface area contributed by atoms with E-state index in [1.54, 1.807) is 0 Å². The molecular weight excluding hydrogens is 418 g/mol. The maximum atomic E-state index is 12.4. The summed E-state index contributed by atoms with van der Waals surface area (Å²) in [6.45, 7) is 7.48. The molecule has 2 heterocycles. The second-order valence-corrected chi connectivity index (χ2v) is 10.6. The lowest BCUT2D eigenvalue weighted by Crippen LogP contribution is -2.43. The molecule has 3 unspecified atom stereocenters. The fourth-order valence-corrected chi connectivity index (χ4v) is 5.43. The zero-order valence-electron chi connectivity index (χ0n) is 20.2. The number of primary amides is 1. The number of hydrogen-bond acceptors (Lipinski definition) is 3. The molecule has 34 heavy (non-hydrogen) atoms. The molecule has 4 heteroatoms. The molecule has 3 aromatic carbocycles. The Bertz CT molecular complexity index is 1210. The van der Waals surface area contributed by atoms with Gasteiger partial charge >= 0.3 is 0 Å². The molecule has 1 amide bonds. The Morgan fingerprint density at radius 1 is 1.00 bits per heavy atom. The molecule has 0 bridgehead atoms. The summed E-state index contributed by atoms with van der Waals surface area (Å²) in [4.78, 5) is 14.7. The lowest BCUT2D eigenvalue weighted by molar-refractivity contribution is -0.115. The van der Waals surface area contributed by atoms with Crippen LogP contribution in [0.4, 0.5) is 5.69 Å². The van der Waals surface area contributed by atoms with Gasteiger partial charge in [0.2, 0.25) is 5.91 Å². The minimum Gasteiger partial charge on any atom is -0.378 e. The normalized spacial score (nSPS) is 21.7. The third-order valence-corrected chi connectivity index (χ3v) is 7.20. The van der Waals surface area contributed by atoms with Crippen molar-refractivity contribution in [1.29, 1.82) is 0 Å². The van der Waals surface area contributed by atoms with Crippen molar-refractivity contribution >= 4 is 11.6 Å². The molecule has 2 aliphatic rings. The Labute approximate surface area is 202 Å². The highest BCUT2D eigenvalue weighted by molar-refractivity contribution is 5.92. The number of rotatable bonds is 4. The molecule has 174 valence electrons. The predicted octanol–water partition coefficient (Wildman–Crippen LogP) is 6.08. The zero-order chi connectivity index (χ0) is 23.9. The second-order valence-electron chi connectivity index (χ2n) is 10.6. The quantitative estimate of drug-likeness (QED) is 0.505. The Kier molecular flexibility index (Phi) is 5.68. The molecule has 0 saturated heterocycles. The third-order valence-electron chi connectivity index (χ3n) is 7.20. The van der Waals surface area contributed by atoms with Crippen LogP contribution in [0, 0.1) is 5.92 Å². The minimum atomic E-state index is -0.336. The largest absolute Gasteiger partial charge is 0.378 e. The van der Waals surface area contributed by atoms with Crippen LogP contribution in [0.25, 0.3) is 0 Å². The number of carbonyl (C=O) groups excluding carboxylic acids is 1. The number of carbonyl (C=O) groups is 1. The van der Waals surface area contributed by atoms with E-state index >= 15 is 0 Å². The predicted molar refractivity (Wildman–Crippen MR) is 138 cm³/mol. The molecule has 0 saturated carbocycles. The van der Waals surface area contributed by atoms with Gasteiger partial charge in [-0.1, -0.05) is 93.6 Å². The standard InChI is InChI=1S/C30H33N3O/c1-30(2,3)23-14-15-26-24(17-23)28-25(27(32-26)21-12-8-5-9-13-21)16-22(29(31)34)19-33(28)18-20-10-6-4-7-11-20/h4-15,17,19,25,27-28,32H,16,18H2,1-3H3,(H2,31,34). The van der Waals surface area contributed by atoms with Gasteiger partial charge in [-0.3, -0.25) is 4.79 Å². The fourth-order valence-electron chi connectivity index (χ4n) is 5.43. The van der Waals surface area contributed by atoms with Crippen molar-refractivity contribution in [3.05, 3.63) is 113 Å². The summed E-state index contributed by atoms with van der Waals surface area (Å²) in [6.07, 6.45) is 2.66. The van der Waals surface area contributed by atoms with E-state index < -0.39 is 0 Å². The number of nitrogens with two attached hydrogens (primary N) is 1. The van der Waals surface area contributed by atoms with Gasteiger partial charge in [0.05, 0.1) is 12.1 Å². The number of anilines is 1. The highest BCUT2D eigenvalue weighted by Gasteiger charge is 2.43. The van der Waals surface area contributed by atoms with Crippen molar-refractivity contribution < 1.29 is 4.79 Å².